The molecule has 2 heterocycles. The van der Waals surface area contributed by atoms with E-state index in [2.05, 4.69) is 10.3 Å². The number of rotatable bonds is 4. The Bertz CT molecular complexity index is 812. The van der Waals surface area contributed by atoms with E-state index in [0.29, 0.717) is 21.7 Å². The molecule has 0 spiro atoms. The van der Waals surface area contributed by atoms with Gasteiger partial charge in [0.2, 0.25) is 0 Å². The average Bonchev–Trinajstić information content (AvgIpc) is 3.14. The van der Waals surface area contributed by atoms with E-state index in [9.17, 15) is 9.90 Å². The van der Waals surface area contributed by atoms with Crippen LogP contribution in [0.3, 0.4) is 0 Å². The minimum Gasteiger partial charge on any atom is -0.467 e. The van der Waals surface area contributed by atoms with Crippen molar-refractivity contribution >= 4 is 40.0 Å². The molecule has 0 saturated carbocycles. The second-order valence-electron chi connectivity index (χ2n) is 4.73. The third-order valence-corrected chi connectivity index (χ3v) is 3.93. The van der Waals surface area contributed by atoms with Gasteiger partial charge in [0.15, 0.2) is 0 Å². The average molecular weight is 339 g/mol. The predicted molar refractivity (Wildman–Crippen MR) is 84.3 cm³/mol. The van der Waals surface area contributed by atoms with Crippen molar-refractivity contribution in [3.05, 3.63) is 58.1 Å². The highest BCUT2D eigenvalue weighted by Gasteiger charge is 2.21. The molecule has 3 rings (SSSR count). The summed E-state index contributed by atoms with van der Waals surface area (Å²) in [5.74, 6) is 0.0268. The maximum absolute atomic E-state index is 12.4. The zero-order valence-corrected chi connectivity index (χ0v) is 12.8. The van der Waals surface area contributed by atoms with Gasteiger partial charge in [0.25, 0.3) is 5.91 Å². The van der Waals surface area contributed by atoms with Crippen molar-refractivity contribution in [1.29, 1.82) is 0 Å². The molecule has 0 radical (unpaired) electrons. The molecule has 0 fully saturated rings. The van der Waals surface area contributed by atoms with E-state index in [-0.39, 0.29) is 17.3 Å². The summed E-state index contributed by atoms with van der Waals surface area (Å²) in [6.07, 6.45) is 1.47. The predicted octanol–water partition coefficient (Wildman–Crippen LogP) is 3.53. The molecule has 0 aliphatic carbocycles. The number of carbonyl (C=O) groups excluding carboxylic acids is 1. The number of benzene rings is 1. The molecule has 0 aliphatic rings. The minimum absolute atomic E-state index is 0.212. The van der Waals surface area contributed by atoms with Gasteiger partial charge in [-0.1, -0.05) is 23.2 Å². The van der Waals surface area contributed by atoms with Gasteiger partial charge in [-0.3, -0.25) is 4.79 Å². The van der Waals surface area contributed by atoms with Crippen LogP contribution in [0.15, 0.2) is 41.0 Å². The van der Waals surface area contributed by atoms with Crippen molar-refractivity contribution < 1.29 is 14.3 Å². The summed E-state index contributed by atoms with van der Waals surface area (Å²) in [5.41, 5.74) is 0.919. The molecule has 3 N–H and O–H groups in total. The Hall–Kier alpha value is -1.95. The van der Waals surface area contributed by atoms with Crippen molar-refractivity contribution in [1.82, 2.24) is 10.3 Å². The van der Waals surface area contributed by atoms with Crippen LogP contribution in [-0.4, -0.2) is 22.6 Å². The fourth-order valence-corrected chi connectivity index (χ4v) is 2.68. The molecule has 1 aromatic carbocycles. The van der Waals surface area contributed by atoms with Crippen LogP contribution in [0.5, 0.6) is 0 Å². The Morgan fingerprint density at radius 2 is 2.18 bits per heavy atom. The summed E-state index contributed by atoms with van der Waals surface area (Å²) >= 11 is 12.2. The Balaban J connectivity index is 1.90. The monoisotopic (exact) mass is 338 g/mol. The maximum Gasteiger partial charge on any atom is 0.269 e. The van der Waals surface area contributed by atoms with Crippen LogP contribution in [0, 0.1) is 0 Å². The largest absolute Gasteiger partial charge is 0.467 e. The number of halogens is 2. The second-order valence-corrected chi connectivity index (χ2v) is 5.54. The van der Waals surface area contributed by atoms with Gasteiger partial charge in [0.1, 0.15) is 17.5 Å². The summed E-state index contributed by atoms with van der Waals surface area (Å²) < 4.78 is 5.19. The molecule has 22 heavy (non-hydrogen) atoms. The Kier molecular flexibility index (Phi) is 4.11. The normalized spacial score (nSPS) is 12.5. The number of fused-ring (bicyclic) bond motifs is 1. The summed E-state index contributed by atoms with van der Waals surface area (Å²) in [6.45, 7) is -0.289. The molecule has 3 aromatic rings. The quantitative estimate of drug-likeness (QED) is 0.680. The number of aliphatic hydroxyl groups excluding tert-OH is 1. The molecule has 0 aliphatic heterocycles. The van der Waals surface area contributed by atoms with Gasteiger partial charge in [-0.25, -0.2) is 0 Å². The lowest BCUT2D eigenvalue weighted by atomic mass is 10.2. The van der Waals surface area contributed by atoms with Crippen molar-refractivity contribution in [2.75, 3.05) is 6.61 Å². The standard InChI is InChI=1S/C15H12Cl2N2O3/c16-8-3-4-10-9(6-8)13(17)14(18-10)15(21)19-11(7-20)12-2-1-5-22-12/h1-6,11,18,20H,7H2,(H,19,21). The molecule has 5 nitrogen and oxygen atoms in total. The Morgan fingerprint density at radius 3 is 2.86 bits per heavy atom. The van der Waals surface area contributed by atoms with Gasteiger partial charge in [0.05, 0.1) is 17.9 Å². The number of aromatic amines is 1. The molecule has 7 heteroatoms. The molecule has 1 unspecified atom stereocenters. The van der Waals surface area contributed by atoms with Gasteiger partial charge in [-0.2, -0.15) is 0 Å². The summed E-state index contributed by atoms with van der Waals surface area (Å²) in [6, 6.07) is 7.85. The first-order valence-electron chi connectivity index (χ1n) is 6.52. The fraction of sp³-hybridized carbons (Fsp3) is 0.133. The van der Waals surface area contributed by atoms with E-state index in [0.717, 1.165) is 0 Å². The maximum atomic E-state index is 12.4. The first kappa shape index (κ1) is 15.0. The first-order valence-corrected chi connectivity index (χ1v) is 7.27. The molecule has 0 saturated heterocycles. The number of H-pyrrole nitrogens is 1. The Labute approximate surface area is 135 Å². The highest BCUT2D eigenvalue weighted by Crippen LogP contribution is 2.30. The third-order valence-electron chi connectivity index (χ3n) is 3.30. The zero-order valence-electron chi connectivity index (χ0n) is 11.3. The van der Waals surface area contributed by atoms with E-state index in [4.69, 9.17) is 27.6 Å². The van der Waals surface area contributed by atoms with Crippen LogP contribution in [0.2, 0.25) is 10.0 Å². The van der Waals surface area contributed by atoms with Crippen molar-refractivity contribution in [3.8, 4) is 0 Å². The summed E-state index contributed by atoms with van der Waals surface area (Å²) in [4.78, 5) is 15.3. The lowest BCUT2D eigenvalue weighted by molar-refractivity contribution is 0.0903. The van der Waals surface area contributed by atoms with Crippen LogP contribution in [0.1, 0.15) is 22.3 Å². The van der Waals surface area contributed by atoms with Crippen molar-refractivity contribution in [2.45, 2.75) is 6.04 Å². The number of hydrogen-bond acceptors (Lipinski definition) is 3. The van der Waals surface area contributed by atoms with Crippen molar-refractivity contribution in [3.63, 3.8) is 0 Å². The van der Waals surface area contributed by atoms with E-state index in [1.807, 2.05) is 0 Å². The van der Waals surface area contributed by atoms with Gasteiger partial charge in [0, 0.05) is 15.9 Å². The van der Waals surface area contributed by atoms with Gasteiger partial charge < -0.3 is 19.8 Å². The third kappa shape index (κ3) is 2.70. The smallest absolute Gasteiger partial charge is 0.269 e. The Morgan fingerprint density at radius 1 is 1.36 bits per heavy atom. The number of furan rings is 1. The fourth-order valence-electron chi connectivity index (χ4n) is 2.21. The van der Waals surface area contributed by atoms with Crippen molar-refractivity contribution in [2.24, 2.45) is 0 Å². The molecular formula is C15H12Cl2N2O3. The molecule has 2 aromatic heterocycles. The van der Waals surface area contributed by atoms with E-state index >= 15 is 0 Å². The lowest BCUT2D eigenvalue weighted by Gasteiger charge is -2.13. The number of carbonyl (C=O) groups is 1. The van der Waals surface area contributed by atoms with Crippen LogP contribution < -0.4 is 5.32 Å². The van der Waals surface area contributed by atoms with Crippen LogP contribution >= 0.6 is 23.2 Å². The number of nitrogens with one attached hydrogen (secondary N) is 2. The number of amides is 1. The SMILES string of the molecule is O=C(NC(CO)c1ccco1)c1[nH]c2ccc(Cl)cc2c1Cl. The van der Waals surface area contributed by atoms with E-state index in [1.54, 1.807) is 30.3 Å². The summed E-state index contributed by atoms with van der Waals surface area (Å²) in [7, 11) is 0. The number of aromatic nitrogens is 1. The summed E-state index contributed by atoms with van der Waals surface area (Å²) in [5, 5.41) is 13.6. The van der Waals surface area contributed by atoms with Gasteiger partial charge in [-0.15, -0.1) is 0 Å². The molecule has 0 bridgehead atoms. The molecular weight excluding hydrogens is 327 g/mol. The van der Waals surface area contributed by atoms with Crippen LogP contribution in [-0.2, 0) is 0 Å². The zero-order chi connectivity index (χ0) is 15.7. The lowest BCUT2D eigenvalue weighted by Crippen LogP contribution is -2.30. The second kappa shape index (κ2) is 6.04. The molecule has 1 atom stereocenters. The topological polar surface area (TPSA) is 78.3 Å². The highest BCUT2D eigenvalue weighted by atomic mass is 35.5. The van der Waals surface area contributed by atoms with Crippen LogP contribution in [0.4, 0.5) is 0 Å². The van der Waals surface area contributed by atoms with Crippen LogP contribution in [0.25, 0.3) is 10.9 Å². The van der Waals surface area contributed by atoms with E-state index < -0.39 is 11.9 Å². The number of hydrogen-bond donors (Lipinski definition) is 3. The van der Waals surface area contributed by atoms with Gasteiger partial charge >= 0.3 is 0 Å². The first-order chi connectivity index (χ1) is 10.6. The molecule has 1 amide bonds. The van der Waals surface area contributed by atoms with E-state index in [1.165, 1.54) is 6.26 Å². The highest BCUT2D eigenvalue weighted by molar-refractivity contribution is 6.39. The van der Waals surface area contributed by atoms with Gasteiger partial charge in [-0.05, 0) is 30.3 Å². The minimum atomic E-state index is -0.645. The molecule has 114 valence electrons. The number of aliphatic hydroxyl groups is 1.